The van der Waals surface area contributed by atoms with E-state index in [0.717, 1.165) is 0 Å². The average Bonchev–Trinajstić information content (AvgIpc) is 2.79. The fourth-order valence-electron chi connectivity index (χ4n) is 2.73. The van der Waals surface area contributed by atoms with Gasteiger partial charge in [0, 0.05) is 33.3 Å². The molecule has 1 unspecified atom stereocenters. The standard InChI is InChI=1S/C14H17N3O5S/c1-9-13(18)15(2)6-7-17(9)23(20,21)10-4-5-11-12(8-10)22-14(19)16(11)3/h4-5,8-9H,6-7H2,1-3H3. The Morgan fingerprint density at radius 2 is 1.87 bits per heavy atom. The smallest absolute Gasteiger partial charge is 0.408 e. The molecular weight excluding hydrogens is 322 g/mol. The largest absolute Gasteiger partial charge is 0.419 e. The van der Waals surface area contributed by atoms with Gasteiger partial charge in [-0.3, -0.25) is 9.36 Å². The highest BCUT2D eigenvalue weighted by atomic mass is 32.2. The molecule has 0 N–H and O–H groups in total. The molecular formula is C14H17N3O5S. The molecule has 0 aliphatic carbocycles. The van der Waals surface area contributed by atoms with E-state index in [4.69, 9.17) is 4.42 Å². The van der Waals surface area contributed by atoms with Crippen LogP contribution in [0.1, 0.15) is 6.92 Å². The Labute approximate surface area is 132 Å². The van der Waals surface area contributed by atoms with E-state index in [0.29, 0.717) is 12.1 Å². The van der Waals surface area contributed by atoms with E-state index >= 15 is 0 Å². The summed E-state index contributed by atoms with van der Waals surface area (Å²) in [5.74, 6) is -0.801. The van der Waals surface area contributed by atoms with Gasteiger partial charge < -0.3 is 9.32 Å². The Balaban J connectivity index is 2.06. The van der Waals surface area contributed by atoms with Crippen LogP contribution < -0.4 is 5.76 Å². The molecule has 8 nitrogen and oxygen atoms in total. The van der Waals surface area contributed by atoms with Gasteiger partial charge in [0.2, 0.25) is 15.9 Å². The van der Waals surface area contributed by atoms with Gasteiger partial charge in [-0.2, -0.15) is 4.31 Å². The lowest BCUT2D eigenvalue weighted by Gasteiger charge is -2.36. The number of likely N-dealkylation sites (N-methyl/N-ethyl adjacent to an activating group) is 1. The van der Waals surface area contributed by atoms with Crippen molar-refractivity contribution in [3.8, 4) is 0 Å². The van der Waals surface area contributed by atoms with Crippen LogP contribution in [0, 0.1) is 0 Å². The van der Waals surface area contributed by atoms with E-state index in [9.17, 15) is 18.0 Å². The highest BCUT2D eigenvalue weighted by molar-refractivity contribution is 7.89. The molecule has 1 aromatic heterocycles. The lowest BCUT2D eigenvalue weighted by atomic mass is 10.2. The molecule has 0 bridgehead atoms. The highest BCUT2D eigenvalue weighted by Gasteiger charge is 2.38. The first-order chi connectivity index (χ1) is 10.7. The molecule has 23 heavy (non-hydrogen) atoms. The SMILES string of the molecule is CC1C(=O)N(C)CCN1S(=O)(=O)c1ccc2c(c1)oc(=O)n2C. The number of amides is 1. The van der Waals surface area contributed by atoms with Gasteiger partial charge in [-0.05, 0) is 19.1 Å². The quantitative estimate of drug-likeness (QED) is 0.767. The van der Waals surface area contributed by atoms with E-state index in [-0.39, 0.29) is 22.9 Å². The molecule has 0 spiro atoms. The Morgan fingerprint density at radius 3 is 2.57 bits per heavy atom. The van der Waals surface area contributed by atoms with Crippen molar-refractivity contribution in [2.24, 2.45) is 7.05 Å². The summed E-state index contributed by atoms with van der Waals surface area (Å²) >= 11 is 0. The molecule has 1 aliphatic rings. The van der Waals surface area contributed by atoms with Gasteiger partial charge in [0.1, 0.15) is 6.04 Å². The molecule has 2 aromatic rings. The third-order valence-electron chi connectivity index (χ3n) is 4.19. The number of oxazole rings is 1. The first kappa shape index (κ1) is 15.8. The fourth-order valence-corrected chi connectivity index (χ4v) is 4.33. The monoisotopic (exact) mass is 339 g/mol. The first-order valence-corrected chi connectivity index (χ1v) is 8.54. The number of hydrogen-bond acceptors (Lipinski definition) is 5. The minimum Gasteiger partial charge on any atom is -0.408 e. The topological polar surface area (TPSA) is 92.8 Å². The number of rotatable bonds is 2. The van der Waals surface area contributed by atoms with Crippen molar-refractivity contribution in [1.29, 1.82) is 0 Å². The molecule has 1 saturated heterocycles. The van der Waals surface area contributed by atoms with Gasteiger partial charge in [-0.25, -0.2) is 13.2 Å². The maximum absolute atomic E-state index is 12.8. The van der Waals surface area contributed by atoms with E-state index in [1.807, 2.05) is 0 Å². The van der Waals surface area contributed by atoms with Crippen molar-refractivity contribution in [3.05, 3.63) is 28.7 Å². The fraction of sp³-hybridized carbons (Fsp3) is 0.429. The Bertz CT molecular complexity index is 943. The van der Waals surface area contributed by atoms with Crippen molar-refractivity contribution in [2.45, 2.75) is 17.9 Å². The van der Waals surface area contributed by atoms with Crippen LogP contribution in [0.3, 0.4) is 0 Å². The van der Waals surface area contributed by atoms with Crippen LogP contribution in [-0.4, -0.2) is 54.3 Å². The molecule has 0 saturated carbocycles. The van der Waals surface area contributed by atoms with Gasteiger partial charge in [0.05, 0.1) is 10.4 Å². The average molecular weight is 339 g/mol. The molecule has 1 amide bonds. The summed E-state index contributed by atoms with van der Waals surface area (Å²) in [7, 11) is -0.657. The zero-order valence-corrected chi connectivity index (χ0v) is 13.8. The summed E-state index contributed by atoms with van der Waals surface area (Å²) in [6.45, 7) is 2.13. The number of nitrogens with zero attached hydrogens (tertiary/aromatic N) is 3. The van der Waals surface area contributed by atoms with Crippen molar-refractivity contribution in [2.75, 3.05) is 20.1 Å². The number of benzene rings is 1. The van der Waals surface area contributed by atoms with E-state index in [2.05, 4.69) is 0 Å². The number of piperazine rings is 1. The van der Waals surface area contributed by atoms with Crippen molar-refractivity contribution >= 4 is 27.0 Å². The maximum Gasteiger partial charge on any atom is 0.419 e. The van der Waals surface area contributed by atoms with Crippen LogP contribution in [0.25, 0.3) is 11.1 Å². The maximum atomic E-state index is 12.8. The number of aryl methyl sites for hydroxylation is 1. The Kier molecular flexibility index (Phi) is 3.56. The predicted molar refractivity (Wildman–Crippen MR) is 82.4 cm³/mol. The molecule has 1 aromatic carbocycles. The Hall–Kier alpha value is -2.13. The number of sulfonamides is 1. The molecule has 0 radical (unpaired) electrons. The number of fused-ring (bicyclic) bond motifs is 1. The summed E-state index contributed by atoms with van der Waals surface area (Å²) in [6.07, 6.45) is 0. The number of carbonyl (C=O) groups excluding carboxylic acids is 1. The summed E-state index contributed by atoms with van der Waals surface area (Å²) in [5.41, 5.74) is 0.711. The summed E-state index contributed by atoms with van der Waals surface area (Å²) < 4.78 is 33.1. The predicted octanol–water partition coefficient (Wildman–Crippen LogP) is -0.0173. The molecule has 2 heterocycles. The zero-order chi connectivity index (χ0) is 16.9. The van der Waals surface area contributed by atoms with E-state index in [1.165, 1.54) is 32.0 Å². The van der Waals surface area contributed by atoms with Gasteiger partial charge in [-0.1, -0.05) is 0 Å². The molecule has 1 fully saturated rings. The van der Waals surface area contributed by atoms with Crippen LogP contribution in [0.5, 0.6) is 0 Å². The highest BCUT2D eigenvalue weighted by Crippen LogP contribution is 2.24. The van der Waals surface area contributed by atoms with E-state index in [1.54, 1.807) is 21.0 Å². The lowest BCUT2D eigenvalue weighted by molar-refractivity contribution is -0.136. The molecule has 1 aliphatic heterocycles. The molecule has 1 atom stereocenters. The van der Waals surface area contributed by atoms with E-state index < -0.39 is 21.8 Å². The molecule has 9 heteroatoms. The van der Waals surface area contributed by atoms with Crippen molar-refractivity contribution in [3.63, 3.8) is 0 Å². The van der Waals surface area contributed by atoms with Crippen molar-refractivity contribution < 1.29 is 17.6 Å². The summed E-state index contributed by atoms with van der Waals surface area (Å²) in [6, 6.07) is 3.50. The van der Waals surface area contributed by atoms with Crippen LogP contribution in [0.4, 0.5) is 0 Å². The minimum atomic E-state index is -3.85. The third-order valence-corrected chi connectivity index (χ3v) is 6.16. The normalized spacial score (nSPS) is 20.4. The molecule has 3 rings (SSSR count). The van der Waals surface area contributed by atoms with Crippen LogP contribution in [0.15, 0.2) is 32.3 Å². The zero-order valence-electron chi connectivity index (χ0n) is 13.0. The summed E-state index contributed by atoms with van der Waals surface area (Å²) in [4.78, 5) is 25.1. The van der Waals surface area contributed by atoms with Gasteiger partial charge >= 0.3 is 5.76 Å². The number of hydrogen-bond donors (Lipinski definition) is 0. The number of aromatic nitrogens is 1. The van der Waals surface area contributed by atoms with Gasteiger partial charge in [-0.15, -0.1) is 0 Å². The Morgan fingerprint density at radius 1 is 1.17 bits per heavy atom. The first-order valence-electron chi connectivity index (χ1n) is 7.10. The number of carbonyl (C=O) groups is 1. The van der Waals surface area contributed by atoms with Crippen LogP contribution in [0.2, 0.25) is 0 Å². The van der Waals surface area contributed by atoms with Crippen LogP contribution in [-0.2, 0) is 21.9 Å². The third kappa shape index (κ3) is 2.36. The second kappa shape index (κ2) is 5.20. The second-order valence-corrected chi connectivity index (χ2v) is 7.50. The van der Waals surface area contributed by atoms with Gasteiger partial charge in [0.25, 0.3) is 0 Å². The molecule has 124 valence electrons. The van der Waals surface area contributed by atoms with Crippen molar-refractivity contribution in [1.82, 2.24) is 13.8 Å². The minimum absolute atomic E-state index is 0.00329. The summed E-state index contributed by atoms with van der Waals surface area (Å²) in [5, 5.41) is 0. The lowest BCUT2D eigenvalue weighted by Crippen LogP contribution is -2.56. The van der Waals surface area contributed by atoms with Crippen LogP contribution >= 0.6 is 0 Å². The second-order valence-electron chi connectivity index (χ2n) is 5.61. The van der Waals surface area contributed by atoms with Gasteiger partial charge in [0.15, 0.2) is 5.58 Å².